The fourth-order valence-electron chi connectivity index (χ4n) is 3.70. The van der Waals surface area contributed by atoms with E-state index in [1.807, 2.05) is 31.2 Å². The Balaban J connectivity index is 1.66. The Hall–Kier alpha value is -4.14. The molecule has 2 amide bonds. The molecule has 4 N–H and O–H groups in total. The van der Waals surface area contributed by atoms with E-state index in [9.17, 15) is 14.4 Å². The van der Waals surface area contributed by atoms with Gasteiger partial charge in [0.1, 0.15) is 11.6 Å². The summed E-state index contributed by atoms with van der Waals surface area (Å²) < 4.78 is 5.30. The zero-order valence-electron chi connectivity index (χ0n) is 17.7. The predicted molar refractivity (Wildman–Crippen MR) is 122 cm³/mol. The molecule has 0 unspecified atom stereocenters. The van der Waals surface area contributed by atoms with Crippen molar-refractivity contribution in [1.29, 1.82) is 0 Å². The van der Waals surface area contributed by atoms with Gasteiger partial charge in [-0.15, -0.1) is 0 Å². The molecule has 32 heavy (non-hydrogen) atoms. The number of aromatic amines is 1. The van der Waals surface area contributed by atoms with Crippen molar-refractivity contribution in [2.24, 2.45) is 0 Å². The van der Waals surface area contributed by atoms with E-state index in [1.54, 1.807) is 24.3 Å². The van der Waals surface area contributed by atoms with Crippen molar-refractivity contribution in [3.63, 3.8) is 0 Å². The van der Waals surface area contributed by atoms with Gasteiger partial charge in [0.25, 0.3) is 5.56 Å². The number of nitrogens with zero attached hydrogens (tertiary/aromatic N) is 1. The number of ether oxygens (including phenoxy) is 1. The SMILES string of the molecule is CCc1ccccc1NC(=O)[C@H]1CC(=O)Nc2nc(Nc3ccccc3OC)[nH]c(=O)c21. The maximum absolute atomic E-state index is 13.1. The number of carbonyl (C=O) groups excluding carboxylic acids is 2. The second kappa shape index (κ2) is 8.93. The Morgan fingerprint density at radius 3 is 2.59 bits per heavy atom. The summed E-state index contributed by atoms with van der Waals surface area (Å²) in [5, 5.41) is 8.45. The van der Waals surface area contributed by atoms with Gasteiger partial charge in [-0.2, -0.15) is 4.98 Å². The lowest BCUT2D eigenvalue weighted by Gasteiger charge is -2.24. The minimum atomic E-state index is -0.958. The molecule has 0 bridgehead atoms. The Labute approximate surface area is 184 Å². The van der Waals surface area contributed by atoms with E-state index < -0.39 is 17.4 Å². The van der Waals surface area contributed by atoms with E-state index in [1.165, 1.54) is 7.11 Å². The first-order valence-corrected chi connectivity index (χ1v) is 10.2. The van der Waals surface area contributed by atoms with Crippen LogP contribution in [0.25, 0.3) is 0 Å². The lowest BCUT2D eigenvalue weighted by atomic mass is 9.92. The minimum absolute atomic E-state index is 0.0614. The molecule has 9 heteroatoms. The van der Waals surface area contributed by atoms with Crippen LogP contribution < -0.4 is 26.2 Å². The van der Waals surface area contributed by atoms with Gasteiger partial charge in [-0.3, -0.25) is 19.4 Å². The number of carbonyl (C=O) groups is 2. The third-order valence-corrected chi connectivity index (χ3v) is 5.28. The summed E-state index contributed by atoms with van der Waals surface area (Å²) in [7, 11) is 1.53. The van der Waals surface area contributed by atoms with E-state index >= 15 is 0 Å². The highest BCUT2D eigenvalue weighted by Gasteiger charge is 2.35. The van der Waals surface area contributed by atoms with Gasteiger partial charge >= 0.3 is 0 Å². The molecule has 1 aromatic heterocycles. The van der Waals surface area contributed by atoms with E-state index in [-0.39, 0.29) is 29.7 Å². The second-order valence-electron chi connectivity index (χ2n) is 7.31. The van der Waals surface area contributed by atoms with Crippen molar-refractivity contribution >= 4 is 35.0 Å². The normalized spacial score (nSPS) is 14.8. The molecule has 1 aliphatic heterocycles. The standard InChI is InChI=1S/C23H23N5O4/c1-3-13-8-4-5-9-15(13)24-21(30)14-12-18(29)26-20-19(14)22(31)28-23(27-20)25-16-10-6-7-11-17(16)32-2/h4-11,14H,3,12H2,1-2H3,(H,24,30)(H3,25,26,27,28,29,31)/t14-/m0/s1. The summed E-state index contributed by atoms with van der Waals surface area (Å²) in [6.45, 7) is 1.99. The van der Waals surface area contributed by atoms with Crippen LogP contribution in [0.5, 0.6) is 5.75 Å². The molecule has 9 nitrogen and oxygen atoms in total. The lowest BCUT2D eigenvalue weighted by molar-refractivity contribution is -0.123. The number of amides is 2. The molecule has 0 saturated heterocycles. The number of hydrogen-bond donors (Lipinski definition) is 4. The summed E-state index contributed by atoms with van der Waals surface area (Å²) >= 11 is 0. The summed E-state index contributed by atoms with van der Waals surface area (Å²) in [5.41, 5.74) is 1.83. The number of H-pyrrole nitrogens is 1. The molecule has 2 heterocycles. The van der Waals surface area contributed by atoms with Crippen molar-refractivity contribution in [2.45, 2.75) is 25.7 Å². The van der Waals surface area contributed by atoms with Crippen molar-refractivity contribution in [3.8, 4) is 5.75 Å². The Kier molecular flexibility index (Phi) is 5.89. The fraction of sp³-hybridized carbons (Fsp3) is 0.217. The number of aryl methyl sites for hydroxylation is 1. The van der Waals surface area contributed by atoms with Crippen LogP contribution in [0.15, 0.2) is 53.3 Å². The van der Waals surface area contributed by atoms with Gasteiger partial charge in [-0.25, -0.2) is 0 Å². The number of anilines is 4. The Bertz CT molecular complexity index is 1240. The summed E-state index contributed by atoms with van der Waals surface area (Å²) in [5.74, 6) is -1.03. The van der Waals surface area contributed by atoms with E-state index in [4.69, 9.17) is 4.74 Å². The number of nitrogens with one attached hydrogen (secondary N) is 4. The summed E-state index contributed by atoms with van der Waals surface area (Å²) in [6.07, 6.45) is 0.593. The number of methoxy groups -OCH3 is 1. The monoisotopic (exact) mass is 433 g/mol. The number of benzene rings is 2. The van der Waals surface area contributed by atoms with Crippen LogP contribution in [-0.2, 0) is 16.0 Å². The van der Waals surface area contributed by atoms with Gasteiger partial charge in [0.05, 0.1) is 24.3 Å². The highest BCUT2D eigenvalue weighted by Crippen LogP contribution is 2.31. The maximum atomic E-state index is 13.1. The molecule has 0 saturated carbocycles. The smallest absolute Gasteiger partial charge is 0.258 e. The van der Waals surface area contributed by atoms with Crippen LogP contribution in [0.4, 0.5) is 23.1 Å². The fourth-order valence-corrected chi connectivity index (χ4v) is 3.70. The third-order valence-electron chi connectivity index (χ3n) is 5.28. The highest BCUT2D eigenvalue weighted by atomic mass is 16.5. The average Bonchev–Trinajstić information content (AvgIpc) is 2.79. The summed E-state index contributed by atoms with van der Waals surface area (Å²) in [4.78, 5) is 45.3. The number of rotatable bonds is 6. The minimum Gasteiger partial charge on any atom is -0.495 e. The van der Waals surface area contributed by atoms with E-state index in [2.05, 4.69) is 25.9 Å². The predicted octanol–water partition coefficient (Wildman–Crippen LogP) is 3.15. The molecule has 1 aliphatic rings. The van der Waals surface area contributed by atoms with Crippen molar-refractivity contribution in [1.82, 2.24) is 9.97 Å². The number of hydrogen-bond acceptors (Lipinski definition) is 6. The van der Waals surface area contributed by atoms with Gasteiger partial charge in [0.2, 0.25) is 17.8 Å². The average molecular weight is 433 g/mol. The molecule has 1 atom stereocenters. The van der Waals surface area contributed by atoms with Crippen molar-refractivity contribution < 1.29 is 14.3 Å². The van der Waals surface area contributed by atoms with Gasteiger partial charge in [-0.05, 0) is 30.2 Å². The van der Waals surface area contributed by atoms with Crippen LogP contribution >= 0.6 is 0 Å². The second-order valence-corrected chi connectivity index (χ2v) is 7.31. The first-order chi connectivity index (χ1) is 15.5. The molecule has 4 rings (SSSR count). The zero-order valence-corrected chi connectivity index (χ0v) is 17.7. The van der Waals surface area contributed by atoms with Crippen LogP contribution in [0.2, 0.25) is 0 Å². The van der Waals surface area contributed by atoms with Gasteiger partial charge < -0.3 is 20.7 Å². The van der Waals surface area contributed by atoms with Crippen LogP contribution in [0.1, 0.15) is 30.4 Å². The van der Waals surface area contributed by atoms with Crippen LogP contribution in [-0.4, -0.2) is 28.9 Å². The van der Waals surface area contributed by atoms with Crippen LogP contribution in [0, 0.1) is 0 Å². The molecular formula is C23H23N5O4. The molecule has 164 valence electrons. The molecule has 0 aliphatic carbocycles. The number of fused-ring (bicyclic) bond motifs is 1. The molecular weight excluding hydrogens is 410 g/mol. The molecule has 0 radical (unpaired) electrons. The van der Waals surface area contributed by atoms with Crippen molar-refractivity contribution in [3.05, 3.63) is 70.0 Å². The van der Waals surface area contributed by atoms with E-state index in [0.29, 0.717) is 17.1 Å². The van der Waals surface area contributed by atoms with E-state index in [0.717, 1.165) is 12.0 Å². The quantitative estimate of drug-likeness (QED) is 0.473. The lowest BCUT2D eigenvalue weighted by Crippen LogP contribution is -2.36. The molecule has 0 fully saturated rings. The number of aromatic nitrogens is 2. The molecule has 3 aromatic rings. The first kappa shape index (κ1) is 21.1. The first-order valence-electron chi connectivity index (χ1n) is 10.2. The van der Waals surface area contributed by atoms with Gasteiger partial charge in [-0.1, -0.05) is 37.3 Å². The Morgan fingerprint density at radius 2 is 1.84 bits per heavy atom. The van der Waals surface area contributed by atoms with Gasteiger partial charge in [0.15, 0.2) is 0 Å². The highest BCUT2D eigenvalue weighted by molar-refractivity contribution is 6.04. The largest absolute Gasteiger partial charge is 0.495 e. The maximum Gasteiger partial charge on any atom is 0.258 e. The van der Waals surface area contributed by atoms with Gasteiger partial charge in [0, 0.05) is 12.1 Å². The third kappa shape index (κ3) is 4.18. The number of para-hydroxylation sites is 3. The Morgan fingerprint density at radius 1 is 1.12 bits per heavy atom. The molecule has 2 aromatic carbocycles. The van der Waals surface area contributed by atoms with Crippen LogP contribution in [0.3, 0.4) is 0 Å². The zero-order chi connectivity index (χ0) is 22.7. The molecule has 0 spiro atoms. The van der Waals surface area contributed by atoms with Crippen molar-refractivity contribution in [2.75, 3.05) is 23.1 Å². The summed E-state index contributed by atoms with van der Waals surface area (Å²) in [6, 6.07) is 14.6. The topological polar surface area (TPSA) is 125 Å².